The van der Waals surface area contributed by atoms with E-state index >= 15 is 0 Å². The Morgan fingerprint density at radius 1 is 0.586 bits per heavy atom. The molecule has 0 aliphatic heterocycles. The predicted molar refractivity (Wildman–Crippen MR) is 124 cm³/mol. The molecule has 0 spiro atoms. The molecule has 0 aliphatic rings. The first-order valence-corrected chi connectivity index (χ1v) is 9.80. The van der Waals surface area contributed by atoms with E-state index in [1.54, 1.807) is 0 Å². The Bertz CT molecular complexity index is 1120. The third-order valence-corrected chi connectivity index (χ3v) is 5.06. The lowest BCUT2D eigenvalue weighted by Gasteiger charge is -2.06. The van der Waals surface area contributed by atoms with Crippen LogP contribution in [0.5, 0.6) is 0 Å². The van der Waals surface area contributed by atoms with Gasteiger partial charge in [0.1, 0.15) is 0 Å². The Hall–Kier alpha value is -3.82. The lowest BCUT2D eigenvalue weighted by Crippen LogP contribution is -1.87. The van der Waals surface area contributed by atoms with Crippen LogP contribution in [0.2, 0.25) is 0 Å². The summed E-state index contributed by atoms with van der Waals surface area (Å²) >= 11 is 0. The summed E-state index contributed by atoms with van der Waals surface area (Å²) in [6.07, 6.45) is 8.75. The molecule has 4 aromatic carbocycles. The van der Waals surface area contributed by atoms with E-state index in [2.05, 4.69) is 109 Å². The molecule has 0 fully saturated rings. The number of hydrogen-bond acceptors (Lipinski definition) is 0. The Morgan fingerprint density at radius 2 is 1.03 bits per heavy atom. The molecule has 0 amide bonds. The maximum atomic E-state index is 5.80. The van der Waals surface area contributed by atoms with Crippen molar-refractivity contribution in [3.8, 4) is 34.6 Å². The number of benzene rings is 4. The van der Waals surface area contributed by atoms with Gasteiger partial charge in [-0.05, 0) is 39.8 Å². The standard InChI is InChI=1S/C29H22/c1-2-24(27-19-21-29(22-20-27)26-11-7-4-8-12-26)16-13-23-14-17-28(18-15-23)25-9-5-3-6-10-25/h1,3-12,14-22H,13H2/b24-16+. The largest absolute Gasteiger partial charge is 0.115 e. The second kappa shape index (κ2) is 8.91. The average Bonchev–Trinajstić information content (AvgIpc) is 2.81. The zero-order valence-corrected chi connectivity index (χ0v) is 16.3. The summed E-state index contributed by atoms with van der Waals surface area (Å²) in [5, 5.41) is 0. The van der Waals surface area contributed by atoms with E-state index in [1.807, 2.05) is 12.1 Å². The van der Waals surface area contributed by atoms with E-state index < -0.39 is 0 Å². The van der Waals surface area contributed by atoms with Crippen molar-refractivity contribution in [2.45, 2.75) is 6.42 Å². The zero-order chi connectivity index (χ0) is 19.9. The van der Waals surface area contributed by atoms with Crippen molar-refractivity contribution in [2.75, 3.05) is 0 Å². The van der Waals surface area contributed by atoms with Gasteiger partial charge in [0.2, 0.25) is 0 Å². The Kier molecular flexibility index (Phi) is 5.70. The van der Waals surface area contributed by atoms with Gasteiger partial charge in [0.15, 0.2) is 0 Å². The minimum absolute atomic E-state index is 0.815. The van der Waals surface area contributed by atoms with Crippen LogP contribution < -0.4 is 0 Å². The van der Waals surface area contributed by atoms with Gasteiger partial charge in [-0.15, -0.1) is 6.42 Å². The fourth-order valence-electron chi connectivity index (χ4n) is 3.42. The van der Waals surface area contributed by atoms with Crippen molar-refractivity contribution in [1.82, 2.24) is 0 Å². The summed E-state index contributed by atoms with van der Waals surface area (Å²) in [6, 6.07) is 37.9. The molecule has 138 valence electrons. The molecule has 0 unspecified atom stereocenters. The summed E-state index contributed by atoms with van der Waals surface area (Å²) in [5.41, 5.74) is 8.12. The highest BCUT2D eigenvalue weighted by Crippen LogP contribution is 2.23. The van der Waals surface area contributed by atoms with Gasteiger partial charge < -0.3 is 0 Å². The van der Waals surface area contributed by atoms with Crippen LogP contribution in [0.1, 0.15) is 11.1 Å². The summed E-state index contributed by atoms with van der Waals surface area (Å²) in [7, 11) is 0. The van der Waals surface area contributed by atoms with Crippen LogP contribution in [0.4, 0.5) is 0 Å². The van der Waals surface area contributed by atoms with Gasteiger partial charge in [0, 0.05) is 5.57 Å². The normalized spacial score (nSPS) is 11.1. The van der Waals surface area contributed by atoms with Crippen molar-refractivity contribution in [2.24, 2.45) is 0 Å². The quantitative estimate of drug-likeness (QED) is 0.324. The number of allylic oxidation sites excluding steroid dienone is 2. The van der Waals surface area contributed by atoms with Gasteiger partial charge in [-0.2, -0.15) is 0 Å². The highest BCUT2D eigenvalue weighted by Gasteiger charge is 2.02. The van der Waals surface area contributed by atoms with Crippen LogP contribution in [0.25, 0.3) is 27.8 Å². The van der Waals surface area contributed by atoms with Crippen LogP contribution in [0.3, 0.4) is 0 Å². The third-order valence-electron chi connectivity index (χ3n) is 5.06. The van der Waals surface area contributed by atoms with E-state index in [0.29, 0.717) is 0 Å². The minimum Gasteiger partial charge on any atom is -0.115 e. The summed E-state index contributed by atoms with van der Waals surface area (Å²) in [6.45, 7) is 0. The summed E-state index contributed by atoms with van der Waals surface area (Å²) < 4.78 is 0. The van der Waals surface area contributed by atoms with Gasteiger partial charge in [-0.25, -0.2) is 0 Å². The molecular formula is C29H22. The van der Waals surface area contributed by atoms with Crippen LogP contribution in [0, 0.1) is 12.3 Å². The maximum absolute atomic E-state index is 5.80. The third kappa shape index (κ3) is 4.54. The summed E-state index contributed by atoms with van der Waals surface area (Å²) in [5.74, 6) is 2.85. The van der Waals surface area contributed by atoms with E-state index in [0.717, 1.165) is 17.6 Å². The SMILES string of the molecule is C#C/C(=C\Cc1ccc(-c2ccccc2)cc1)c1ccc(-c2ccccc2)cc1. The molecule has 0 nitrogen and oxygen atoms in total. The van der Waals surface area contributed by atoms with Gasteiger partial charge >= 0.3 is 0 Å². The molecule has 0 saturated carbocycles. The molecule has 0 aromatic heterocycles. The zero-order valence-electron chi connectivity index (χ0n) is 16.3. The highest BCUT2D eigenvalue weighted by atomic mass is 14.1. The number of rotatable bonds is 5. The van der Waals surface area contributed by atoms with Crippen LogP contribution in [-0.2, 0) is 6.42 Å². The van der Waals surface area contributed by atoms with E-state index in [9.17, 15) is 0 Å². The van der Waals surface area contributed by atoms with Crippen LogP contribution in [-0.4, -0.2) is 0 Å². The first-order chi connectivity index (χ1) is 14.3. The maximum Gasteiger partial charge on any atom is 0.0278 e. The second-order valence-corrected chi connectivity index (χ2v) is 6.97. The van der Waals surface area contributed by atoms with Gasteiger partial charge in [-0.3, -0.25) is 0 Å². The number of hydrogen-bond donors (Lipinski definition) is 0. The van der Waals surface area contributed by atoms with Crippen molar-refractivity contribution >= 4 is 5.57 Å². The van der Waals surface area contributed by atoms with Gasteiger partial charge in [-0.1, -0.05) is 121 Å². The average molecular weight is 370 g/mol. The molecule has 4 aromatic rings. The van der Waals surface area contributed by atoms with E-state index in [4.69, 9.17) is 6.42 Å². The van der Waals surface area contributed by atoms with Gasteiger partial charge in [0.05, 0.1) is 0 Å². The predicted octanol–water partition coefficient (Wildman–Crippen LogP) is 7.28. The number of terminal acetylenes is 1. The molecule has 0 radical (unpaired) electrons. The monoisotopic (exact) mass is 370 g/mol. The molecule has 0 saturated heterocycles. The molecule has 0 bridgehead atoms. The molecular weight excluding hydrogens is 348 g/mol. The minimum atomic E-state index is 0.815. The van der Waals surface area contributed by atoms with E-state index in [-0.39, 0.29) is 0 Å². The Labute approximate surface area is 173 Å². The lowest BCUT2D eigenvalue weighted by atomic mass is 9.98. The topological polar surface area (TPSA) is 0 Å². The first-order valence-electron chi connectivity index (χ1n) is 9.80. The molecule has 4 rings (SSSR count). The Balaban J connectivity index is 1.49. The Morgan fingerprint density at radius 3 is 1.52 bits per heavy atom. The smallest absolute Gasteiger partial charge is 0.0278 e. The van der Waals surface area contributed by atoms with Crippen molar-refractivity contribution < 1.29 is 0 Å². The molecule has 29 heavy (non-hydrogen) atoms. The van der Waals surface area contributed by atoms with E-state index in [1.165, 1.54) is 27.8 Å². The molecule has 0 atom stereocenters. The fraction of sp³-hybridized carbons (Fsp3) is 0.0345. The van der Waals surface area contributed by atoms with Crippen LogP contribution in [0.15, 0.2) is 115 Å². The highest BCUT2D eigenvalue weighted by molar-refractivity contribution is 5.79. The second-order valence-electron chi connectivity index (χ2n) is 6.97. The molecule has 0 heteroatoms. The first kappa shape index (κ1) is 18.5. The fourth-order valence-corrected chi connectivity index (χ4v) is 3.42. The van der Waals surface area contributed by atoms with Crippen molar-refractivity contribution in [3.05, 3.63) is 126 Å². The van der Waals surface area contributed by atoms with Crippen molar-refractivity contribution in [3.63, 3.8) is 0 Å². The van der Waals surface area contributed by atoms with Crippen LogP contribution >= 0.6 is 0 Å². The molecule has 0 aliphatic carbocycles. The summed E-state index contributed by atoms with van der Waals surface area (Å²) in [4.78, 5) is 0. The molecule has 0 N–H and O–H groups in total. The molecule has 0 heterocycles. The lowest BCUT2D eigenvalue weighted by molar-refractivity contribution is 1.27. The van der Waals surface area contributed by atoms with Crippen molar-refractivity contribution in [1.29, 1.82) is 0 Å². The van der Waals surface area contributed by atoms with Gasteiger partial charge in [0.25, 0.3) is 0 Å².